The summed E-state index contributed by atoms with van der Waals surface area (Å²) in [6, 6.07) is 14.5. The highest BCUT2D eigenvalue weighted by Crippen LogP contribution is 2.50. The summed E-state index contributed by atoms with van der Waals surface area (Å²) in [5, 5.41) is 4.19. The summed E-state index contributed by atoms with van der Waals surface area (Å²) in [6.45, 7) is 6.62. The van der Waals surface area contributed by atoms with Gasteiger partial charge in [-0.25, -0.2) is 0 Å². The van der Waals surface area contributed by atoms with Gasteiger partial charge in [-0.3, -0.25) is 0 Å². The normalized spacial score (nSPS) is 26.9. The predicted octanol–water partition coefficient (Wildman–Crippen LogP) is 11.3. The zero-order chi connectivity index (χ0) is 29.6. The molecule has 5 aliphatic rings. The molecule has 2 fully saturated rings. The van der Waals surface area contributed by atoms with Crippen LogP contribution in [0.3, 0.4) is 0 Å². The Balaban J connectivity index is 1.06. The lowest BCUT2D eigenvalue weighted by atomic mass is 9.77. The molecule has 0 radical (unpaired) electrons. The van der Waals surface area contributed by atoms with Gasteiger partial charge in [-0.1, -0.05) is 47.4 Å². The Bertz CT molecular complexity index is 1700. The van der Waals surface area contributed by atoms with Gasteiger partial charge >= 0.3 is 0 Å². The molecule has 2 aromatic carbocycles. The number of aryl methyl sites for hydroxylation is 1. The fourth-order valence-corrected chi connectivity index (χ4v) is 12.8. The molecular formula is C38H43N2S4+. The van der Waals surface area contributed by atoms with Gasteiger partial charge in [0.1, 0.15) is 11.2 Å². The SMILES string of the molecule is CCN1/C(=C/C2=CC3=C/C(=C/c4sc5cc(C6CCCS6)ccc5[n+]4CC)CCC3CC2)Sc2cc(C3CCCS3)ccc21. The minimum Gasteiger partial charge on any atom is -0.335 e. The van der Waals surface area contributed by atoms with Crippen molar-refractivity contribution in [2.45, 2.75) is 87.2 Å². The third-order valence-electron chi connectivity index (χ3n) is 10.1. The molecule has 4 heterocycles. The van der Waals surface area contributed by atoms with Crippen molar-refractivity contribution in [3.05, 3.63) is 92.5 Å². The van der Waals surface area contributed by atoms with Gasteiger partial charge in [0, 0.05) is 34.1 Å². The van der Waals surface area contributed by atoms with Gasteiger partial charge in [-0.05, 0) is 135 Å². The van der Waals surface area contributed by atoms with E-state index in [-0.39, 0.29) is 0 Å². The number of thioether (sulfide) groups is 3. The molecule has 3 atom stereocenters. The van der Waals surface area contributed by atoms with Gasteiger partial charge in [0.25, 0.3) is 5.01 Å². The molecule has 2 aliphatic carbocycles. The van der Waals surface area contributed by atoms with Crippen molar-refractivity contribution < 1.29 is 4.57 Å². The Morgan fingerprint density at radius 3 is 2.39 bits per heavy atom. The van der Waals surface area contributed by atoms with Crippen LogP contribution in [0.4, 0.5) is 5.69 Å². The number of hydrogen-bond donors (Lipinski definition) is 0. The second kappa shape index (κ2) is 12.7. The predicted molar refractivity (Wildman–Crippen MR) is 196 cm³/mol. The molecule has 44 heavy (non-hydrogen) atoms. The second-order valence-corrected chi connectivity index (χ2v) is 17.6. The van der Waals surface area contributed by atoms with E-state index in [1.165, 1.54) is 116 Å². The summed E-state index contributed by atoms with van der Waals surface area (Å²) >= 11 is 8.24. The van der Waals surface area contributed by atoms with Crippen LogP contribution in [0.15, 0.2) is 81.3 Å². The second-order valence-electron chi connectivity index (χ2n) is 12.8. The van der Waals surface area contributed by atoms with Crippen molar-refractivity contribution in [3.8, 4) is 0 Å². The zero-order valence-corrected chi connectivity index (χ0v) is 29.3. The van der Waals surface area contributed by atoms with Crippen molar-refractivity contribution in [1.29, 1.82) is 0 Å². The van der Waals surface area contributed by atoms with Gasteiger partial charge in [0.05, 0.1) is 10.7 Å². The summed E-state index contributed by atoms with van der Waals surface area (Å²) in [6.07, 6.45) is 20.4. The molecule has 3 unspecified atom stereocenters. The van der Waals surface area contributed by atoms with Crippen LogP contribution in [-0.2, 0) is 6.54 Å². The third-order valence-corrected chi connectivity index (χ3v) is 15.2. The number of benzene rings is 2. The molecule has 0 amide bonds. The maximum Gasteiger partial charge on any atom is 0.263 e. The molecule has 0 bridgehead atoms. The molecule has 6 heteroatoms. The molecule has 3 aromatic rings. The number of hydrogen-bond acceptors (Lipinski definition) is 5. The molecule has 1 aromatic heterocycles. The Morgan fingerprint density at radius 1 is 0.864 bits per heavy atom. The van der Waals surface area contributed by atoms with Crippen molar-refractivity contribution in [2.75, 3.05) is 23.0 Å². The Morgan fingerprint density at radius 2 is 1.64 bits per heavy atom. The third kappa shape index (κ3) is 5.67. The average molecular weight is 656 g/mol. The van der Waals surface area contributed by atoms with E-state index in [4.69, 9.17) is 0 Å². The van der Waals surface area contributed by atoms with Crippen LogP contribution in [0.25, 0.3) is 16.3 Å². The topological polar surface area (TPSA) is 7.12 Å². The molecule has 228 valence electrons. The van der Waals surface area contributed by atoms with E-state index >= 15 is 0 Å². The fourth-order valence-electron chi connectivity index (χ4n) is 7.75. The molecule has 0 saturated carbocycles. The number of rotatable bonds is 6. The maximum absolute atomic E-state index is 2.54. The van der Waals surface area contributed by atoms with Crippen molar-refractivity contribution in [3.63, 3.8) is 0 Å². The number of nitrogens with zero attached hydrogens (tertiary/aromatic N) is 2. The lowest BCUT2D eigenvalue weighted by Gasteiger charge is -2.28. The highest BCUT2D eigenvalue weighted by molar-refractivity contribution is 8.03. The summed E-state index contributed by atoms with van der Waals surface area (Å²) in [7, 11) is 0. The number of anilines is 1. The highest BCUT2D eigenvalue weighted by atomic mass is 32.2. The van der Waals surface area contributed by atoms with Crippen molar-refractivity contribution >= 4 is 68.6 Å². The van der Waals surface area contributed by atoms with Crippen LogP contribution < -0.4 is 9.47 Å². The van der Waals surface area contributed by atoms with Gasteiger partial charge in [0.15, 0.2) is 0 Å². The average Bonchev–Trinajstić information content (AvgIpc) is 3.86. The van der Waals surface area contributed by atoms with E-state index in [1.807, 2.05) is 23.1 Å². The minimum atomic E-state index is 0.690. The smallest absolute Gasteiger partial charge is 0.263 e. The van der Waals surface area contributed by atoms with E-state index < -0.39 is 0 Å². The number of thiazole rings is 1. The first-order valence-electron chi connectivity index (χ1n) is 16.8. The van der Waals surface area contributed by atoms with Crippen LogP contribution >= 0.6 is 46.6 Å². The van der Waals surface area contributed by atoms with Gasteiger partial charge < -0.3 is 4.90 Å². The van der Waals surface area contributed by atoms with Crippen LogP contribution in [-0.4, -0.2) is 18.1 Å². The molecule has 0 spiro atoms. The molecular weight excluding hydrogens is 613 g/mol. The van der Waals surface area contributed by atoms with Crippen LogP contribution in [0, 0.1) is 5.92 Å². The van der Waals surface area contributed by atoms with E-state index in [0.29, 0.717) is 16.4 Å². The number of allylic oxidation sites excluding steroid dienone is 6. The molecule has 3 aliphatic heterocycles. The summed E-state index contributed by atoms with van der Waals surface area (Å²) in [5.41, 5.74) is 10.4. The zero-order valence-electron chi connectivity index (χ0n) is 26.0. The first-order valence-corrected chi connectivity index (χ1v) is 20.5. The Kier molecular flexibility index (Phi) is 8.55. The Labute approximate surface area is 280 Å². The van der Waals surface area contributed by atoms with E-state index in [2.05, 4.69) is 108 Å². The van der Waals surface area contributed by atoms with E-state index in [1.54, 1.807) is 5.57 Å². The lowest BCUT2D eigenvalue weighted by Crippen LogP contribution is -2.33. The lowest BCUT2D eigenvalue weighted by molar-refractivity contribution is -0.665. The fraction of sp³-hybridized carbons (Fsp3) is 0.447. The molecule has 8 rings (SSSR count). The van der Waals surface area contributed by atoms with Crippen LogP contribution in [0.1, 0.15) is 91.8 Å². The maximum atomic E-state index is 2.54. The number of fused-ring (bicyclic) bond motifs is 3. The molecule has 0 N–H and O–H groups in total. The van der Waals surface area contributed by atoms with Gasteiger partial charge in [0.2, 0.25) is 5.52 Å². The van der Waals surface area contributed by atoms with Crippen LogP contribution in [0.5, 0.6) is 0 Å². The first kappa shape index (κ1) is 29.5. The summed E-state index contributed by atoms with van der Waals surface area (Å²) < 4.78 is 3.97. The van der Waals surface area contributed by atoms with Gasteiger partial charge in [-0.15, -0.1) is 0 Å². The molecule has 2 saturated heterocycles. The summed E-state index contributed by atoms with van der Waals surface area (Å²) in [4.78, 5) is 3.97. The minimum absolute atomic E-state index is 0.690. The summed E-state index contributed by atoms with van der Waals surface area (Å²) in [5.74, 6) is 3.34. The monoisotopic (exact) mass is 655 g/mol. The highest BCUT2D eigenvalue weighted by Gasteiger charge is 2.29. The first-order chi connectivity index (χ1) is 21.7. The number of aromatic nitrogens is 1. The standard InChI is InChI=1S/C38H43N2S4/c1-3-39-31-15-13-28(33-7-5-17-41-33)23-35(31)43-37(39)21-25-9-11-27-12-10-26(20-30(27)19-25)22-38-40(4-2)32-16-14-29(24-36(32)44-38)34-8-6-18-42-34/h13-16,19-24,27,33-34H,3-12,17-18H2,1-2H3/q+1. The van der Waals surface area contributed by atoms with Crippen molar-refractivity contribution in [1.82, 2.24) is 0 Å². The largest absolute Gasteiger partial charge is 0.335 e. The van der Waals surface area contributed by atoms with Crippen molar-refractivity contribution in [2.24, 2.45) is 5.92 Å². The Hall–Kier alpha value is -1.86. The van der Waals surface area contributed by atoms with Crippen LogP contribution in [0.2, 0.25) is 0 Å². The van der Waals surface area contributed by atoms with Gasteiger partial charge in [-0.2, -0.15) is 28.1 Å². The van der Waals surface area contributed by atoms with E-state index in [0.717, 1.165) is 13.1 Å². The van der Waals surface area contributed by atoms with E-state index in [9.17, 15) is 0 Å². The quantitative estimate of drug-likeness (QED) is 0.244. The molecule has 2 nitrogen and oxygen atoms in total.